The number of benzene rings is 1. The van der Waals surface area contributed by atoms with Crippen LogP contribution in [0.15, 0.2) is 23.4 Å². The fraction of sp³-hybridized carbons (Fsp3) is 0.385. The van der Waals surface area contributed by atoms with Crippen LogP contribution in [-0.4, -0.2) is 38.1 Å². The molecule has 0 bridgehead atoms. The second kappa shape index (κ2) is 5.99. The van der Waals surface area contributed by atoms with E-state index in [1.54, 1.807) is 18.2 Å². The number of halogens is 2. The molecule has 0 radical (unpaired) electrons. The van der Waals surface area contributed by atoms with E-state index in [4.69, 9.17) is 37.5 Å². The summed E-state index contributed by atoms with van der Waals surface area (Å²) in [5.41, 5.74) is 0.00871. The van der Waals surface area contributed by atoms with Crippen LogP contribution >= 0.6 is 23.2 Å². The molecule has 0 saturated heterocycles. The van der Waals surface area contributed by atoms with Crippen molar-refractivity contribution in [2.75, 3.05) is 20.8 Å². The summed E-state index contributed by atoms with van der Waals surface area (Å²) in [5, 5.41) is 4.92. The summed E-state index contributed by atoms with van der Waals surface area (Å²) in [6.45, 7) is 0.0426. The molecule has 0 N–H and O–H groups in total. The van der Waals surface area contributed by atoms with E-state index in [0.717, 1.165) is 0 Å². The first-order chi connectivity index (χ1) is 9.50. The van der Waals surface area contributed by atoms with E-state index in [1.165, 1.54) is 14.2 Å². The van der Waals surface area contributed by atoms with E-state index in [2.05, 4.69) is 5.16 Å². The molecule has 2 rings (SSSR count). The number of rotatable bonds is 4. The summed E-state index contributed by atoms with van der Waals surface area (Å²) >= 11 is 11.9. The van der Waals surface area contributed by atoms with Crippen LogP contribution in [0.5, 0.6) is 0 Å². The van der Waals surface area contributed by atoms with Crippen LogP contribution < -0.4 is 0 Å². The molecule has 0 saturated carbocycles. The zero-order chi connectivity index (χ0) is 14.8. The molecule has 1 aromatic carbocycles. The molecule has 0 spiro atoms. The lowest BCUT2D eigenvalue weighted by Gasteiger charge is -2.22. The molecule has 0 aliphatic carbocycles. The highest BCUT2D eigenvalue weighted by Crippen LogP contribution is 2.30. The highest BCUT2D eigenvalue weighted by molar-refractivity contribution is 6.35. The third kappa shape index (κ3) is 2.90. The molecule has 1 atom stereocenters. The molecule has 0 aromatic heterocycles. The van der Waals surface area contributed by atoms with Crippen molar-refractivity contribution in [2.24, 2.45) is 5.16 Å². The monoisotopic (exact) mass is 317 g/mol. The molecule has 20 heavy (non-hydrogen) atoms. The molecule has 1 aliphatic heterocycles. The molecular weight excluding hydrogens is 305 g/mol. The number of methoxy groups -OCH3 is 2. The van der Waals surface area contributed by atoms with Crippen molar-refractivity contribution in [1.29, 1.82) is 0 Å². The Hall–Kier alpha value is -1.30. The van der Waals surface area contributed by atoms with Gasteiger partial charge >= 0.3 is 5.97 Å². The number of carbonyl (C=O) groups excluding carboxylic acids is 1. The summed E-state index contributed by atoms with van der Waals surface area (Å²) in [6, 6.07) is 5.03. The SMILES string of the molecule is COCC1(C(=O)OC)CC(c2cc(Cl)cc(Cl)c2)=NO1. The summed E-state index contributed by atoms with van der Waals surface area (Å²) in [7, 11) is 2.76. The van der Waals surface area contributed by atoms with Gasteiger partial charge in [-0.3, -0.25) is 0 Å². The zero-order valence-electron chi connectivity index (χ0n) is 11.0. The van der Waals surface area contributed by atoms with Crippen LogP contribution in [-0.2, 0) is 19.1 Å². The quantitative estimate of drug-likeness (QED) is 0.801. The van der Waals surface area contributed by atoms with Crippen LogP contribution in [0.25, 0.3) is 0 Å². The lowest BCUT2D eigenvalue weighted by Crippen LogP contribution is -2.44. The van der Waals surface area contributed by atoms with Gasteiger partial charge in [0.05, 0.1) is 12.8 Å². The van der Waals surface area contributed by atoms with Crippen molar-refractivity contribution in [1.82, 2.24) is 0 Å². The van der Waals surface area contributed by atoms with Gasteiger partial charge in [0.25, 0.3) is 5.60 Å². The maximum absolute atomic E-state index is 11.9. The Bertz CT molecular complexity index is 541. The Morgan fingerprint density at radius 2 is 2.00 bits per heavy atom. The highest BCUT2D eigenvalue weighted by atomic mass is 35.5. The van der Waals surface area contributed by atoms with Gasteiger partial charge in [0, 0.05) is 29.1 Å². The third-order valence-corrected chi connectivity index (χ3v) is 3.35. The van der Waals surface area contributed by atoms with Crippen molar-refractivity contribution < 1.29 is 19.1 Å². The largest absolute Gasteiger partial charge is 0.466 e. The average molecular weight is 318 g/mol. The predicted octanol–water partition coefficient (Wildman–Crippen LogP) is 2.68. The Morgan fingerprint density at radius 1 is 1.35 bits per heavy atom. The number of hydrogen-bond donors (Lipinski definition) is 0. The van der Waals surface area contributed by atoms with Gasteiger partial charge in [0.1, 0.15) is 6.61 Å². The highest BCUT2D eigenvalue weighted by Gasteiger charge is 2.48. The first-order valence-corrected chi connectivity index (χ1v) is 6.55. The predicted molar refractivity (Wildman–Crippen MR) is 75.3 cm³/mol. The average Bonchev–Trinajstić information content (AvgIpc) is 2.83. The van der Waals surface area contributed by atoms with Crippen molar-refractivity contribution in [2.45, 2.75) is 12.0 Å². The number of esters is 1. The summed E-state index contributed by atoms with van der Waals surface area (Å²) in [6.07, 6.45) is 0.226. The smallest absolute Gasteiger partial charge is 0.356 e. The summed E-state index contributed by atoms with van der Waals surface area (Å²) < 4.78 is 9.78. The minimum atomic E-state index is -1.26. The Labute approximate surface area is 126 Å². The van der Waals surface area contributed by atoms with E-state index in [9.17, 15) is 4.79 Å². The fourth-order valence-electron chi connectivity index (χ4n) is 2.02. The van der Waals surface area contributed by atoms with Gasteiger partial charge in [0.15, 0.2) is 0 Å². The zero-order valence-corrected chi connectivity index (χ0v) is 12.5. The van der Waals surface area contributed by atoms with Crippen molar-refractivity contribution in [3.63, 3.8) is 0 Å². The molecule has 108 valence electrons. The molecular formula is C13H13Cl2NO4. The minimum absolute atomic E-state index is 0.0426. The number of hydrogen-bond acceptors (Lipinski definition) is 5. The van der Waals surface area contributed by atoms with E-state index in [-0.39, 0.29) is 13.0 Å². The molecule has 1 heterocycles. The van der Waals surface area contributed by atoms with Gasteiger partial charge in [-0.05, 0) is 18.2 Å². The number of oxime groups is 1. The molecule has 1 aromatic rings. The van der Waals surface area contributed by atoms with Crippen LogP contribution in [0.2, 0.25) is 10.0 Å². The second-order valence-electron chi connectivity index (χ2n) is 4.38. The minimum Gasteiger partial charge on any atom is -0.466 e. The van der Waals surface area contributed by atoms with Crippen LogP contribution in [0.3, 0.4) is 0 Å². The second-order valence-corrected chi connectivity index (χ2v) is 5.26. The van der Waals surface area contributed by atoms with Gasteiger partial charge in [-0.25, -0.2) is 4.79 Å². The van der Waals surface area contributed by atoms with E-state index in [0.29, 0.717) is 21.3 Å². The molecule has 1 aliphatic rings. The molecule has 7 heteroatoms. The maximum Gasteiger partial charge on any atom is 0.356 e. The number of carbonyl (C=O) groups is 1. The van der Waals surface area contributed by atoms with Crippen LogP contribution in [0.4, 0.5) is 0 Å². The van der Waals surface area contributed by atoms with Gasteiger partial charge < -0.3 is 14.3 Å². The Kier molecular flexibility index (Phi) is 4.52. The lowest BCUT2D eigenvalue weighted by molar-refractivity contribution is -0.172. The summed E-state index contributed by atoms with van der Waals surface area (Å²) in [4.78, 5) is 17.2. The first kappa shape index (κ1) is 15.1. The molecule has 0 amide bonds. The van der Waals surface area contributed by atoms with Crippen molar-refractivity contribution in [3.8, 4) is 0 Å². The Balaban J connectivity index is 2.27. The van der Waals surface area contributed by atoms with Crippen LogP contribution in [0, 0.1) is 0 Å². The fourth-order valence-corrected chi connectivity index (χ4v) is 2.54. The van der Waals surface area contributed by atoms with Gasteiger partial charge in [-0.15, -0.1) is 0 Å². The van der Waals surface area contributed by atoms with Crippen molar-refractivity contribution in [3.05, 3.63) is 33.8 Å². The number of ether oxygens (including phenoxy) is 2. The molecule has 0 fully saturated rings. The molecule has 5 nitrogen and oxygen atoms in total. The molecule has 1 unspecified atom stereocenters. The van der Waals surface area contributed by atoms with E-state index >= 15 is 0 Å². The topological polar surface area (TPSA) is 57.1 Å². The van der Waals surface area contributed by atoms with Gasteiger partial charge in [0.2, 0.25) is 0 Å². The van der Waals surface area contributed by atoms with Crippen molar-refractivity contribution >= 4 is 34.9 Å². The van der Waals surface area contributed by atoms with Gasteiger partial charge in [-0.2, -0.15) is 0 Å². The van der Waals surface area contributed by atoms with E-state index in [1.807, 2.05) is 0 Å². The summed E-state index contributed by atoms with van der Waals surface area (Å²) in [5.74, 6) is -0.536. The maximum atomic E-state index is 11.9. The number of nitrogens with zero attached hydrogens (tertiary/aromatic N) is 1. The van der Waals surface area contributed by atoms with Gasteiger partial charge in [-0.1, -0.05) is 28.4 Å². The standard InChI is InChI=1S/C13H13Cl2NO4/c1-18-7-13(12(17)19-2)6-11(16-20-13)8-3-9(14)5-10(15)4-8/h3-5H,6-7H2,1-2H3. The van der Waals surface area contributed by atoms with E-state index < -0.39 is 11.6 Å². The third-order valence-electron chi connectivity index (χ3n) is 2.91. The van der Waals surface area contributed by atoms with Crippen LogP contribution in [0.1, 0.15) is 12.0 Å². The first-order valence-electron chi connectivity index (χ1n) is 5.79. The lowest BCUT2D eigenvalue weighted by atomic mass is 9.95. The normalized spacial score (nSPS) is 21.3. The Morgan fingerprint density at radius 3 is 2.55 bits per heavy atom.